The maximum Gasteiger partial charge on any atom is 0.269 e. The van der Waals surface area contributed by atoms with Crippen LogP contribution in [0.25, 0.3) is 33.1 Å². The highest BCUT2D eigenvalue weighted by Crippen LogP contribution is 2.30. The average molecular weight is 356 g/mol. The van der Waals surface area contributed by atoms with Crippen LogP contribution in [0, 0.1) is 46.5 Å². The van der Waals surface area contributed by atoms with Gasteiger partial charge in [0.2, 0.25) is 0 Å². The topological polar surface area (TPSA) is 125 Å². The summed E-state index contributed by atoms with van der Waals surface area (Å²) in [4.78, 5) is 21.0. The molecular weight excluding hydrogens is 356 g/mol. The fraction of sp³-hybridized carbons (Fsp3) is 0. The fourth-order valence-corrected chi connectivity index (χ4v) is 2.37. The van der Waals surface area contributed by atoms with Crippen LogP contribution in [0.5, 0.6) is 0 Å². The molecule has 0 radical (unpaired) electrons. The molecular formula is C14F4N8. The third-order valence-corrected chi connectivity index (χ3v) is 3.41. The van der Waals surface area contributed by atoms with Gasteiger partial charge in [-0.1, -0.05) is 0 Å². The quantitative estimate of drug-likeness (QED) is 0.345. The van der Waals surface area contributed by atoms with E-state index in [-0.39, 0.29) is 11.0 Å². The van der Waals surface area contributed by atoms with E-state index >= 15 is 0 Å². The van der Waals surface area contributed by atoms with Gasteiger partial charge in [-0.15, -0.1) is 0 Å². The molecule has 4 aromatic rings. The monoisotopic (exact) mass is 356 g/mol. The third kappa shape index (κ3) is 1.99. The predicted octanol–water partition coefficient (Wildman–Crippen LogP) is 1.82. The Labute approximate surface area is 139 Å². The van der Waals surface area contributed by atoms with Crippen molar-refractivity contribution in [3.8, 4) is 12.1 Å². The van der Waals surface area contributed by atoms with Crippen molar-refractivity contribution < 1.29 is 17.6 Å². The van der Waals surface area contributed by atoms with Crippen LogP contribution in [0.3, 0.4) is 0 Å². The summed E-state index contributed by atoms with van der Waals surface area (Å²) in [6.07, 6.45) is 0. The maximum atomic E-state index is 13.6. The lowest BCUT2D eigenvalue weighted by Crippen LogP contribution is -2.05. The first-order valence-corrected chi connectivity index (χ1v) is 6.64. The minimum atomic E-state index is -1.60. The molecule has 0 N–H and O–H groups in total. The summed E-state index contributed by atoms with van der Waals surface area (Å²) >= 11 is 0. The van der Waals surface area contributed by atoms with E-state index in [1.807, 2.05) is 0 Å². The van der Waals surface area contributed by atoms with Gasteiger partial charge in [0.05, 0.1) is 0 Å². The first-order valence-electron chi connectivity index (χ1n) is 6.64. The average Bonchev–Trinajstić information content (AvgIpc) is 2.63. The van der Waals surface area contributed by atoms with E-state index in [4.69, 9.17) is 10.5 Å². The lowest BCUT2D eigenvalue weighted by atomic mass is 10.1. The second kappa shape index (κ2) is 5.22. The molecule has 0 aliphatic rings. The normalized spacial score (nSPS) is 11.0. The van der Waals surface area contributed by atoms with Crippen molar-refractivity contribution in [2.24, 2.45) is 0 Å². The first kappa shape index (κ1) is 15.5. The molecule has 0 bridgehead atoms. The molecule has 0 aliphatic heterocycles. The number of hydrogen-bond acceptors (Lipinski definition) is 8. The van der Waals surface area contributed by atoms with Gasteiger partial charge in [0.15, 0.2) is 11.4 Å². The lowest BCUT2D eigenvalue weighted by Gasteiger charge is -2.08. The molecule has 0 saturated heterocycles. The van der Waals surface area contributed by atoms with E-state index in [1.165, 1.54) is 0 Å². The van der Waals surface area contributed by atoms with Gasteiger partial charge >= 0.3 is 0 Å². The van der Waals surface area contributed by atoms with E-state index in [0.717, 1.165) is 0 Å². The number of benzene rings is 1. The first-order chi connectivity index (χ1) is 12.4. The Morgan fingerprint density at radius 1 is 0.462 bits per heavy atom. The number of nitrogens with zero attached hydrogens (tertiary/aromatic N) is 8. The van der Waals surface area contributed by atoms with Gasteiger partial charge in [-0.25, -0.2) is 29.9 Å². The highest BCUT2D eigenvalue weighted by molar-refractivity contribution is 6.17. The predicted molar refractivity (Wildman–Crippen MR) is 75.0 cm³/mol. The zero-order valence-corrected chi connectivity index (χ0v) is 12.1. The van der Waals surface area contributed by atoms with Gasteiger partial charge in [-0.05, 0) is 0 Å². The molecule has 26 heavy (non-hydrogen) atoms. The second-order valence-electron chi connectivity index (χ2n) is 4.85. The van der Waals surface area contributed by atoms with Crippen molar-refractivity contribution >= 4 is 33.1 Å². The van der Waals surface area contributed by atoms with Crippen LogP contribution < -0.4 is 0 Å². The van der Waals surface area contributed by atoms with Crippen molar-refractivity contribution in [1.82, 2.24) is 29.9 Å². The molecule has 0 fully saturated rings. The smallest absolute Gasteiger partial charge is 0.230 e. The lowest BCUT2D eigenvalue weighted by molar-refractivity contribution is 0.457. The molecule has 3 aromatic heterocycles. The molecule has 8 nitrogen and oxygen atoms in total. The summed E-state index contributed by atoms with van der Waals surface area (Å²) in [5.41, 5.74) is -3.17. The van der Waals surface area contributed by atoms with Crippen LogP contribution in [0.4, 0.5) is 17.6 Å². The van der Waals surface area contributed by atoms with Gasteiger partial charge < -0.3 is 0 Å². The minimum absolute atomic E-state index is 0.297. The number of hydrogen-bond donors (Lipinski definition) is 0. The molecule has 0 saturated carbocycles. The van der Waals surface area contributed by atoms with Crippen molar-refractivity contribution in [3.63, 3.8) is 0 Å². The summed E-state index contributed by atoms with van der Waals surface area (Å²) < 4.78 is 54.2. The Morgan fingerprint density at radius 3 is 0.923 bits per heavy atom. The second-order valence-corrected chi connectivity index (χ2v) is 4.85. The molecule has 4 rings (SSSR count). The molecule has 0 aliphatic carbocycles. The number of aromatic nitrogens is 6. The zero-order chi connectivity index (χ0) is 18.6. The SMILES string of the molecule is N#Cc1nc2c3nc(F)c(F)nc3c3nc(F)c(F)nc3c2nc1C#N. The van der Waals surface area contributed by atoms with Crippen molar-refractivity contribution in [1.29, 1.82) is 10.5 Å². The fourth-order valence-electron chi connectivity index (χ4n) is 2.37. The van der Waals surface area contributed by atoms with E-state index in [0.29, 0.717) is 0 Å². The van der Waals surface area contributed by atoms with Crippen LogP contribution >= 0.6 is 0 Å². The molecule has 0 unspecified atom stereocenters. The van der Waals surface area contributed by atoms with Crippen molar-refractivity contribution in [3.05, 3.63) is 35.2 Å². The van der Waals surface area contributed by atoms with Crippen LogP contribution in [-0.4, -0.2) is 29.9 Å². The molecule has 12 heteroatoms. The van der Waals surface area contributed by atoms with Gasteiger partial charge in [0, 0.05) is 0 Å². The van der Waals surface area contributed by atoms with Gasteiger partial charge in [0.1, 0.15) is 45.2 Å². The minimum Gasteiger partial charge on any atom is -0.230 e. The van der Waals surface area contributed by atoms with Crippen molar-refractivity contribution in [2.45, 2.75) is 0 Å². The van der Waals surface area contributed by atoms with Crippen LogP contribution in [0.15, 0.2) is 0 Å². The van der Waals surface area contributed by atoms with E-state index < -0.39 is 57.2 Å². The largest absolute Gasteiger partial charge is 0.269 e. The Morgan fingerprint density at radius 2 is 0.692 bits per heavy atom. The van der Waals surface area contributed by atoms with E-state index in [2.05, 4.69) is 29.9 Å². The van der Waals surface area contributed by atoms with Gasteiger partial charge in [-0.2, -0.15) is 28.1 Å². The van der Waals surface area contributed by atoms with Crippen LogP contribution in [0.1, 0.15) is 11.4 Å². The number of halogens is 4. The highest BCUT2D eigenvalue weighted by Gasteiger charge is 2.22. The summed E-state index contributed by atoms with van der Waals surface area (Å²) in [6, 6.07) is 3.23. The standard InChI is InChI=1S/C14F4N8/c15-11-13(17)25-9-7(23-11)5-6(22-4(2-20)3(1-19)21-5)8-10(9)26-14(18)12(16)24-8. The summed E-state index contributed by atoms with van der Waals surface area (Å²) in [6.45, 7) is 0. The molecule has 1 aromatic carbocycles. The Kier molecular flexibility index (Phi) is 3.10. The molecule has 0 spiro atoms. The summed E-state index contributed by atoms with van der Waals surface area (Å²) in [7, 11) is 0. The molecule has 124 valence electrons. The Balaban J connectivity index is 2.40. The Hall–Kier alpha value is -4.06. The number of fused-ring (bicyclic) bond motifs is 6. The van der Waals surface area contributed by atoms with Crippen molar-refractivity contribution in [2.75, 3.05) is 0 Å². The van der Waals surface area contributed by atoms with Gasteiger partial charge in [0.25, 0.3) is 23.8 Å². The maximum absolute atomic E-state index is 13.6. The molecule has 0 atom stereocenters. The molecule has 3 heterocycles. The van der Waals surface area contributed by atoms with Crippen LogP contribution in [0.2, 0.25) is 0 Å². The number of rotatable bonds is 0. The summed E-state index contributed by atoms with van der Waals surface area (Å²) in [5, 5.41) is 18.1. The van der Waals surface area contributed by atoms with E-state index in [9.17, 15) is 17.6 Å². The zero-order valence-electron chi connectivity index (χ0n) is 12.1. The Bertz CT molecular complexity index is 1250. The van der Waals surface area contributed by atoms with Gasteiger partial charge in [-0.3, -0.25) is 0 Å². The molecule has 0 amide bonds. The van der Waals surface area contributed by atoms with E-state index in [1.54, 1.807) is 12.1 Å². The third-order valence-electron chi connectivity index (χ3n) is 3.41. The van der Waals surface area contributed by atoms with Crippen LogP contribution in [-0.2, 0) is 0 Å². The number of nitriles is 2. The summed E-state index contributed by atoms with van der Waals surface area (Å²) in [5.74, 6) is -6.38. The highest BCUT2D eigenvalue weighted by atomic mass is 19.2.